The molecule has 0 saturated heterocycles. The van der Waals surface area contributed by atoms with E-state index in [0.717, 1.165) is 10.0 Å². The molecule has 0 aliphatic carbocycles. The van der Waals surface area contributed by atoms with Gasteiger partial charge in [0.25, 0.3) is 0 Å². The highest BCUT2D eigenvalue weighted by Gasteiger charge is 2.00. The summed E-state index contributed by atoms with van der Waals surface area (Å²) < 4.78 is 0. The fourth-order valence-electron chi connectivity index (χ4n) is 0.797. The summed E-state index contributed by atoms with van der Waals surface area (Å²) in [5, 5.41) is 2.70. The van der Waals surface area contributed by atoms with Gasteiger partial charge in [0, 0.05) is 10.0 Å². The molecule has 0 fully saturated rings. The van der Waals surface area contributed by atoms with Crippen molar-refractivity contribution in [3.63, 3.8) is 0 Å². The predicted octanol–water partition coefficient (Wildman–Crippen LogP) is 3.36. The van der Waals surface area contributed by atoms with Crippen molar-refractivity contribution < 1.29 is 0 Å². The Bertz CT molecular complexity index is 238. The highest BCUT2D eigenvalue weighted by molar-refractivity contribution is 7.64. The maximum Gasteiger partial charge on any atom is 0.0427 e. The molecule has 1 rings (SSSR count). The molecule has 0 aliphatic rings. The standard InChI is InChI=1S/C8H9Cl2P/c1-11(2)8-4-6(9)3-7(10)5-8/h3-5H,1-2H3. The molecule has 1 aromatic carbocycles. The Morgan fingerprint density at radius 1 is 1.00 bits per heavy atom. The Kier molecular flexibility index (Phi) is 3.18. The van der Waals surface area contributed by atoms with Crippen molar-refractivity contribution in [3.8, 4) is 0 Å². The molecule has 1 aromatic rings. The van der Waals surface area contributed by atoms with Gasteiger partial charge in [-0.3, -0.25) is 0 Å². The zero-order chi connectivity index (χ0) is 8.43. The van der Waals surface area contributed by atoms with E-state index in [2.05, 4.69) is 13.3 Å². The van der Waals surface area contributed by atoms with Gasteiger partial charge < -0.3 is 0 Å². The maximum atomic E-state index is 5.82. The molecule has 0 atom stereocenters. The van der Waals surface area contributed by atoms with Gasteiger partial charge in [-0.05, 0) is 36.8 Å². The number of halogens is 2. The van der Waals surface area contributed by atoms with Crippen LogP contribution in [-0.4, -0.2) is 13.3 Å². The van der Waals surface area contributed by atoms with Crippen LogP contribution in [0.25, 0.3) is 0 Å². The molecule has 0 saturated carbocycles. The van der Waals surface area contributed by atoms with Crippen LogP contribution in [0.3, 0.4) is 0 Å². The van der Waals surface area contributed by atoms with Gasteiger partial charge in [-0.2, -0.15) is 0 Å². The second-order valence-electron chi connectivity index (χ2n) is 2.52. The second-order valence-corrected chi connectivity index (χ2v) is 5.70. The van der Waals surface area contributed by atoms with E-state index in [4.69, 9.17) is 23.2 Å². The van der Waals surface area contributed by atoms with Gasteiger partial charge in [0.05, 0.1) is 0 Å². The average molecular weight is 207 g/mol. The molecule has 0 N–H and O–H groups in total. The van der Waals surface area contributed by atoms with Crippen LogP contribution in [0.5, 0.6) is 0 Å². The van der Waals surface area contributed by atoms with E-state index in [9.17, 15) is 0 Å². The topological polar surface area (TPSA) is 0 Å². The molecule has 0 amide bonds. The van der Waals surface area contributed by atoms with Crippen LogP contribution < -0.4 is 5.30 Å². The minimum absolute atomic E-state index is 0.0969. The number of hydrogen-bond donors (Lipinski definition) is 0. The highest BCUT2D eigenvalue weighted by atomic mass is 35.5. The van der Waals surface area contributed by atoms with Gasteiger partial charge in [0.1, 0.15) is 0 Å². The van der Waals surface area contributed by atoms with E-state index < -0.39 is 0 Å². The molecule has 0 spiro atoms. The number of benzene rings is 1. The summed E-state index contributed by atoms with van der Waals surface area (Å²) in [4.78, 5) is 0. The van der Waals surface area contributed by atoms with Gasteiger partial charge in [-0.25, -0.2) is 0 Å². The Morgan fingerprint density at radius 2 is 1.45 bits per heavy atom. The monoisotopic (exact) mass is 206 g/mol. The summed E-state index contributed by atoms with van der Waals surface area (Å²) in [6.45, 7) is 4.36. The molecule has 0 nitrogen and oxygen atoms in total. The van der Waals surface area contributed by atoms with E-state index in [-0.39, 0.29) is 7.92 Å². The van der Waals surface area contributed by atoms with E-state index >= 15 is 0 Å². The lowest BCUT2D eigenvalue weighted by molar-refractivity contribution is 1.76. The summed E-state index contributed by atoms with van der Waals surface area (Å²) in [5.74, 6) is 0. The molecule has 0 heterocycles. The minimum atomic E-state index is -0.0969. The zero-order valence-corrected chi connectivity index (χ0v) is 8.84. The largest absolute Gasteiger partial charge is 0.0843 e. The van der Waals surface area contributed by atoms with Crippen molar-refractivity contribution in [2.45, 2.75) is 0 Å². The van der Waals surface area contributed by atoms with Crippen molar-refractivity contribution in [1.82, 2.24) is 0 Å². The summed E-state index contributed by atoms with van der Waals surface area (Å²) in [6, 6.07) is 5.70. The highest BCUT2D eigenvalue weighted by Crippen LogP contribution is 2.27. The van der Waals surface area contributed by atoms with Crippen LogP contribution in [0, 0.1) is 0 Å². The molecular weight excluding hydrogens is 198 g/mol. The zero-order valence-electron chi connectivity index (χ0n) is 6.44. The van der Waals surface area contributed by atoms with Crippen molar-refractivity contribution in [1.29, 1.82) is 0 Å². The first-order chi connectivity index (χ1) is 5.09. The molecule has 0 bridgehead atoms. The lowest BCUT2D eigenvalue weighted by Gasteiger charge is -2.06. The lowest BCUT2D eigenvalue weighted by Crippen LogP contribution is -1.97. The summed E-state index contributed by atoms with van der Waals surface area (Å²) in [6.07, 6.45) is 0. The molecule has 0 aliphatic heterocycles. The second kappa shape index (κ2) is 3.76. The average Bonchev–Trinajstić information content (AvgIpc) is 1.85. The van der Waals surface area contributed by atoms with Gasteiger partial charge in [-0.15, -0.1) is 0 Å². The molecule has 60 valence electrons. The fourth-order valence-corrected chi connectivity index (χ4v) is 2.27. The van der Waals surface area contributed by atoms with Crippen LogP contribution in [0.2, 0.25) is 10.0 Å². The smallest absolute Gasteiger partial charge is 0.0427 e. The van der Waals surface area contributed by atoms with E-state index in [1.54, 1.807) is 6.07 Å². The van der Waals surface area contributed by atoms with Crippen LogP contribution in [-0.2, 0) is 0 Å². The van der Waals surface area contributed by atoms with Gasteiger partial charge in [-0.1, -0.05) is 31.1 Å². The minimum Gasteiger partial charge on any atom is -0.0843 e. The fraction of sp³-hybridized carbons (Fsp3) is 0.250. The van der Waals surface area contributed by atoms with Gasteiger partial charge in [0.15, 0.2) is 0 Å². The van der Waals surface area contributed by atoms with E-state index in [1.165, 1.54) is 5.30 Å². The Hall–Kier alpha value is 0.230. The predicted molar refractivity (Wildman–Crippen MR) is 54.9 cm³/mol. The van der Waals surface area contributed by atoms with E-state index in [1.807, 2.05) is 12.1 Å². The molecule has 0 unspecified atom stereocenters. The van der Waals surface area contributed by atoms with Crippen LogP contribution >= 0.6 is 31.1 Å². The Labute approximate surface area is 78.3 Å². The lowest BCUT2D eigenvalue weighted by atomic mass is 10.4. The molecule has 0 radical (unpaired) electrons. The Morgan fingerprint density at radius 3 is 1.82 bits per heavy atom. The summed E-state index contributed by atoms with van der Waals surface area (Å²) in [5.41, 5.74) is 0. The van der Waals surface area contributed by atoms with Crippen molar-refractivity contribution in [2.24, 2.45) is 0 Å². The maximum absolute atomic E-state index is 5.82. The van der Waals surface area contributed by atoms with E-state index in [0.29, 0.717) is 0 Å². The Balaban J connectivity index is 3.08. The molecule has 3 heteroatoms. The normalized spacial score (nSPS) is 10.6. The third-order valence-corrected chi connectivity index (χ3v) is 3.09. The van der Waals surface area contributed by atoms with Gasteiger partial charge >= 0.3 is 0 Å². The van der Waals surface area contributed by atoms with Crippen molar-refractivity contribution in [2.75, 3.05) is 13.3 Å². The van der Waals surface area contributed by atoms with Gasteiger partial charge in [0.2, 0.25) is 0 Å². The van der Waals surface area contributed by atoms with Crippen molar-refractivity contribution in [3.05, 3.63) is 28.2 Å². The first-order valence-corrected chi connectivity index (χ1v) is 6.22. The third-order valence-electron chi connectivity index (χ3n) is 1.36. The first-order valence-electron chi connectivity index (χ1n) is 3.23. The summed E-state index contributed by atoms with van der Waals surface area (Å²) in [7, 11) is -0.0969. The molecule has 11 heavy (non-hydrogen) atoms. The molecular formula is C8H9Cl2P. The van der Waals surface area contributed by atoms with Crippen LogP contribution in [0.15, 0.2) is 18.2 Å². The first kappa shape index (κ1) is 9.32. The quantitative estimate of drug-likeness (QED) is 0.619. The SMILES string of the molecule is CP(C)c1cc(Cl)cc(Cl)c1. The summed E-state index contributed by atoms with van der Waals surface area (Å²) >= 11 is 11.6. The number of hydrogen-bond acceptors (Lipinski definition) is 0. The molecule has 0 aromatic heterocycles. The van der Waals surface area contributed by atoms with Crippen molar-refractivity contribution >= 4 is 36.4 Å². The third kappa shape index (κ3) is 2.63. The van der Waals surface area contributed by atoms with Crippen LogP contribution in [0.1, 0.15) is 0 Å². The van der Waals surface area contributed by atoms with Crippen LogP contribution in [0.4, 0.5) is 0 Å². The number of rotatable bonds is 1.